The second-order valence-electron chi connectivity index (χ2n) is 5.32. The van der Waals surface area contributed by atoms with Gasteiger partial charge in [0, 0.05) is 11.6 Å². The Balaban J connectivity index is 1.94. The van der Waals surface area contributed by atoms with Crippen molar-refractivity contribution in [2.75, 3.05) is 0 Å². The zero-order chi connectivity index (χ0) is 14.7. The third kappa shape index (κ3) is 3.35. The lowest BCUT2D eigenvalue weighted by Crippen LogP contribution is -2.39. The number of hydrogen-bond donors (Lipinski definition) is 2. The maximum Gasteiger partial charge on any atom is 0.306 e. The van der Waals surface area contributed by atoms with E-state index in [1.54, 1.807) is 6.92 Å². The van der Waals surface area contributed by atoms with Crippen LogP contribution in [0, 0.1) is 18.7 Å². The van der Waals surface area contributed by atoms with Crippen LogP contribution < -0.4 is 5.32 Å². The summed E-state index contributed by atoms with van der Waals surface area (Å²) in [5.41, 5.74) is 1.06. The Morgan fingerprint density at radius 1 is 1.25 bits per heavy atom. The van der Waals surface area contributed by atoms with Crippen LogP contribution in [0.2, 0.25) is 0 Å². The van der Waals surface area contributed by atoms with Gasteiger partial charge in [-0.25, -0.2) is 4.39 Å². The van der Waals surface area contributed by atoms with Crippen LogP contribution >= 0.6 is 0 Å². The topological polar surface area (TPSA) is 66.4 Å². The molecule has 0 atom stereocenters. The highest BCUT2D eigenvalue weighted by Gasteiger charge is 2.27. The largest absolute Gasteiger partial charge is 0.481 e. The average molecular weight is 279 g/mol. The number of amides is 1. The minimum atomic E-state index is -0.760. The Morgan fingerprint density at radius 2 is 1.90 bits per heavy atom. The standard InChI is InChI=1S/C15H18FNO3/c1-9-8-11(16)4-7-13(9)14(18)17-12-5-2-10(3-6-12)15(19)20/h4,7-8,10,12H,2-3,5-6H2,1H3,(H,17,18)(H,19,20). The molecule has 0 heterocycles. The molecule has 2 N–H and O–H groups in total. The van der Waals surface area contributed by atoms with Gasteiger partial charge in [0.25, 0.3) is 5.91 Å². The molecule has 0 unspecified atom stereocenters. The lowest BCUT2D eigenvalue weighted by atomic mass is 9.86. The number of aryl methyl sites for hydroxylation is 1. The van der Waals surface area contributed by atoms with E-state index in [0.29, 0.717) is 36.8 Å². The minimum Gasteiger partial charge on any atom is -0.481 e. The first-order chi connectivity index (χ1) is 9.47. The van der Waals surface area contributed by atoms with Gasteiger partial charge in [0.1, 0.15) is 5.82 Å². The molecule has 1 saturated carbocycles. The number of aliphatic carboxylic acids is 1. The van der Waals surface area contributed by atoms with E-state index in [0.717, 1.165) is 0 Å². The molecule has 0 aliphatic heterocycles. The lowest BCUT2D eigenvalue weighted by Gasteiger charge is -2.27. The van der Waals surface area contributed by atoms with E-state index in [-0.39, 0.29) is 23.7 Å². The van der Waals surface area contributed by atoms with Crippen molar-refractivity contribution < 1.29 is 19.1 Å². The molecule has 1 aromatic rings. The predicted molar refractivity (Wildman–Crippen MR) is 72.0 cm³/mol. The first-order valence-electron chi connectivity index (χ1n) is 6.77. The Morgan fingerprint density at radius 3 is 2.45 bits per heavy atom. The van der Waals surface area contributed by atoms with Gasteiger partial charge in [0.05, 0.1) is 5.92 Å². The number of halogens is 1. The Hall–Kier alpha value is -1.91. The Bertz CT molecular complexity index is 522. The summed E-state index contributed by atoms with van der Waals surface area (Å²) in [6.07, 6.45) is 2.51. The van der Waals surface area contributed by atoms with Gasteiger partial charge < -0.3 is 10.4 Å². The number of carbonyl (C=O) groups excluding carboxylic acids is 1. The molecule has 5 heteroatoms. The fourth-order valence-electron chi connectivity index (χ4n) is 2.63. The van der Waals surface area contributed by atoms with Crippen LogP contribution in [0.5, 0.6) is 0 Å². The van der Waals surface area contributed by atoms with Crippen LogP contribution in [0.1, 0.15) is 41.6 Å². The van der Waals surface area contributed by atoms with Crippen molar-refractivity contribution in [1.29, 1.82) is 0 Å². The zero-order valence-corrected chi connectivity index (χ0v) is 11.4. The molecule has 1 amide bonds. The van der Waals surface area contributed by atoms with Crippen molar-refractivity contribution in [3.8, 4) is 0 Å². The van der Waals surface area contributed by atoms with Crippen LogP contribution in [-0.4, -0.2) is 23.0 Å². The molecule has 1 aliphatic carbocycles. The van der Waals surface area contributed by atoms with Gasteiger partial charge in [-0.1, -0.05) is 0 Å². The van der Waals surface area contributed by atoms with E-state index in [1.807, 2.05) is 0 Å². The predicted octanol–water partition coefficient (Wildman–Crippen LogP) is 2.51. The molecule has 4 nitrogen and oxygen atoms in total. The average Bonchev–Trinajstić information content (AvgIpc) is 2.39. The molecule has 2 rings (SSSR count). The second kappa shape index (κ2) is 6.03. The van der Waals surface area contributed by atoms with Gasteiger partial charge >= 0.3 is 5.97 Å². The summed E-state index contributed by atoms with van der Waals surface area (Å²) in [6, 6.07) is 4.07. The van der Waals surface area contributed by atoms with E-state index < -0.39 is 5.97 Å². The van der Waals surface area contributed by atoms with Crippen LogP contribution in [0.25, 0.3) is 0 Å². The van der Waals surface area contributed by atoms with Crippen molar-refractivity contribution in [3.05, 3.63) is 35.1 Å². The molecule has 1 fully saturated rings. The summed E-state index contributed by atoms with van der Waals surface area (Å²) < 4.78 is 13.0. The van der Waals surface area contributed by atoms with Crippen molar-refractivity contribution in [2.24, 2.45) is 5.92 Å². The highest BCUT2D eigenvalue weighted by molar-refractivity contribution is 5.95. The van der Waals surface area contributed by atoms with Crippen molar-refractivity contribution in [2.45, 2.75) is 38.6 Å². The van der Waals surface area contributed by atoms with Crippen LogP contribution in [0.4, 0.5) is 4.39 Å². The molecule has 0 bridgehead atoms. The quantitative estimate of drug-likeness (QED) is 0.893. The molecule has 0 radical (unpaired) electrons. The number of benzene rings is 1. The van der Waals surface area contributed by atoms with E-state index in [4.69, 9.17) is 5.11 Å². The number of carboxylic acid groups (broad SMARTS) is 1. The Labute approximate surface area is 117 Å². The molecular weight excluding hydrogens is 261 g/mol. The molecule has 0 aromatic heterocycles. The maximum atomic E-state index is 13.0. The van der Waals surface area contributed by atoms with Gasteiger partial charge in [0.2, 0.25) is 0 Å². The SMILES string of the molecule is Cc1cc(F)ccc1C(=O)NC1CCC(C(=O)O)CC1. The highest BCUT2D eigenvalue weighted by Crippen LogP contribution is 2.24. The summed E-state index contributed by atoms with van der Waals surface area (Å²) in [5, 5.41) is 11.8. The molecule has 1 aromatic carbocycles. The summed E-state index contributed by atoms with van der Waals surface area (Å²) in [7, 11) is 0. The normalized spacial score (nSPS) is 22.3. The number of hydrogen-bond acceptors (Lipinski definition) is 2. The zero-order valence-electron chi connectivity index (χ0n) is 11.4. The van der Waals surface area contributed by atoms with E-state index >= 15 is 0 Å². The van der Waals surface area contributed by atoms with Crippen LogP contribution in [0.3, 0.4) is 0 Å². The lowest BCUT2D eigenvalue weighted by molar-refractivity contribution is -0.142. The van der Waals surface area contributed by atoms with E-state index in [9.17, 15) is 14.0 Å². The van der Waals surface area contributed by atoms with Gasteiger partial charge in [-0.05, 0) is 56.4 Å². The number of carboxylic acids is 1. The van der Waals surface area contributed by atoms with E-state index in [1.165, 1.54) is 18.2 Å². The fourth-order valence-corrected chi connectivity index (χ4v) is 2.63. The van der Waals surface area contributed by atoms with Gasteiger partial charge in [-0.3, -0.25) is 9.59 Å². The molecule has 0 spiro atoms. The van der Waals surface area contributed by atoms with Gasteiger partial charge in [-0.2, -0.15) is 0 Å². The summed E-state index contributed by atoms with van der Waals surface area (Å²) in [4.78, 5) is 23.0. The smallest absolute Gasteiger partial charge is 0.306 e. The molecular formula is C15H18FNO3. The summed E-state index contributed by atoms with van der Waals surface area (Å²) >= 11 is 0. The summed E-state index contributed by atoms with van der Waals surface area (Å²) in [6.45, 7) is 1.69. The van der Waals surface area contributed by atoms with Crippen LogP contribution in [-0.2, 0) is 4.79 Å². The molecule has 108 valence electrons. The third-order valence-corrected chi connectivity index (χ3v) is 3.84. The first kappa shape index (κ1) is 14.5. The van der Waals surface area contributed by atoms with Crippen molar-refractivity contribution >= 4 is 11.9 Å². The van der Waals surface area contributed by atoms with Crippen molar-refractivity contribution in [1.82, 2.24) is 5.32 Å². The maximum absolute atomic E-state index is 13.0. The summed E-state index contributed by atoms with van der Waals surface area (Å²) in [5.74, 6) is -1.64. The number of nitrogens with one attached hydrogen (secondary N) is 1. The van der Waals surface area contributed by atoms with Crippen molar-refractivity contribution in [3.63, 3.8) is 0 Å². The molecule has 0 saturated heterocycles. The monoisotopic (exact) mass is 279 g/mol. The number of carbonyl (C=O) groups is 2. The van der Waals surface area contributed by atoms with Gasteiger partial charge in [-0.15, -0.1) is 0 Å². The highest BCUT2D eigenvalue weighted by atomic mass is 19.1. The molecule has 1 aliphatic rings. The molecule has 20 heavy (non-hydrogen) atoms. The van der Waals surface area contributed by atoms with Crippen LogP contribution in [0.15, 0.2) is 18.2 Å². The van der Waals surface area contributed by atoms with E-state index in [2.05, 4.69) is 5.32 Å². The fraction of sp³-hybridized carbons (Fsp3) is 0.467. The number of rotatable bonds is 3. The third-order valence-electron chi connectivity index (χ3n) is 3.84. The Kier molecular flexibility index (Phi) is 4.37. The van der Waals surface area contributed by atoms with Gasteiger partial charge in [0.15, 0.2) is 0 Å². The minimum absolute atomic E-state index is 0.00236. The second-order valence-corrected chi connectivity index (χ2v) is 5.32. The first-order valence-corrected chi connectivity index (χ1v) is 6.77.